The molecular formula is C23H27F5N4O4. The number of carbonyl (C=O) groups is 2. The molecule has 2 atom stereocenters. The Morgan fingerprint density at radius 1 is 1.08 bits per heavy atom. The summed E-state index contributed by atoms with van der Waals surface area (Å²) in [5.41, 5.74) is -1.07. The Kier molecular flexibility index (Phi) is 6.38. The number of urea groups is 1. The maximum atomic E-state index is 13.6. The summed E-state index contributed by atoms with van der Waals surface area (Å²) in [7, 11) is 0. The average Bonchev–Trinajstić information content (AvgIpc) is 2.79. The third-order valence-corrected chi connectivity index (χ3v) is 7.13. The van der Waals surface area contributed by atoms with Crippen LogP contribution < -0.4 is 15.0 Å². The molecule has 5 rings (SSSR count). The van der Waals surface area contributed by atoms with Gasteiger partial charge in [0.2, 0.25) is 5.91 Å². The van der Waals surface area contributed by atoms with Gasteiger partial charge in [-0.25, -0.2) is 13.6 Å². The van der Waals surface area contributed by atoms with Crippen molar-refractivity contribution in [2.24, 2.45) is 0 Å². The summed E-state index contributed by atoms with van der Waals surface area (Å²) in [6, 6.07) is 2.91. The zero-order chi connectivity index (χ0) is 25.7. The minimum atomic E-state index is -4.64. The number of nitrogens with one attached hydrogen (secondary N) is 1. The lowest BCUT2D eigenvalue weighted by Gasteiger charge is -2.45. The molecule has 0 radical (unpaired) electrons. The zero-order valence-electron chi connectivity index (χ0n) is 19.4. The molecule has 0 aliphatic carbocycles. The monoisotopic (exact) mass is 518 g/mol. The Bertz CT molecular complexity index is 1010. The van der Waals surface area contributed by atoms with Crippen molar-refractivity contribution in [2.75, 3.05) is 50.8 Å². The quantitative estimate of drug-likeness (QED) is 0.624. The Labute approximate surface area is 204 Å². The van der Waals surface area contributed by atoms with Gasteiger partial charge in [-0.1, -0.05) is 0 Å². The number of piperidine rings is 2. The molecule has 36 heavy (non-hydrogen) atoms. The predicted molar refractivity (Wildman–Crippen MR) is 117 cm³/mol. The van der Waals surface area contributed by atoms with Crippen molar-refractivity contribution < 1.29 is 41.0 Å². The summed E-state index contributed by atoms with van der Waals surface area (Å²) in [4.78, 5) is 29.0. The fourth-order valence-corrected chi connectivity index (χ4v) is 5.10. The van der Waals surface area contributed by atoms with E-state index < -0.39 is 36.6 Å². The summed E-state index contributed by atoms with van der Waals surface area (Å²) in [6.07, 6.45) is -5.56. The lowest BCUT2D eigenvalue weighted by Crippen LogP contribution is -2.65. The van der Waals surface area contributed by atoms with E-state index in [-0.39, 0.29) is 68.3 Å². The average molecular weight is 518 g/mol. The van der Waals surface area contributed by atoms with Gasteiger partial charge in [-0.2, -0.15) is 13.2 Å². The van der Waals surface area contributed by atoms with E-state index in [0.717, 1.165) is 6.07 Å². The van der Waals surface area contributed by atoms with Crippen LogP contribution in [-0.4, -0.2) is 91.8 Å². The first kappa shape index (κ1) is 24.8. The fourth-order valence-electron chi connectivity index (χ4n) is 5.10. The number of anilines is 1. The SMILES string of the molecule is O=C1CO[C@H]2CCN(C(=O)N3CC(Oc4ccc(C(F)(F)F)c(N5CCC(F)(F)CC5)c4)C3)C[C@H]2N1. The van der Waals surface area contributed by atoms with Crippen molar-refractivity contribution in [3.8, 4) is 5.75 Å². The van der Waals surface area contributed by atoms with Gasteiger partial charge in [-0.15, -0.1) is 0 Å². The molecule has 4 heterocycles. The number of hydrogen-bond donors (Lipinski definition) is 1. The van der Waals surface area contributed by atoms with Gasteiger partial charge in [0.25, 0.3) is 5.92 Å². The molecule has 13 heteroatoms. The molecule has 4 aliphatic heterocycles. The molecule has 0 bridgehead atoms. The highest BCUT2D eigenvalue weighted by molar-refractivity contribution is 5.79. The molecule has 4 aliphatic rings. The third kappa shape index (κ3) is 5.16. The van der Waals surface area contributed by atoms with E-state index in [4.69, 9.17) is 9.47 Å². The van der Waals surface area contributed by atoms with Gasteiger partial charge >= 0.3 is 12.2 Å². The molecule has 3 amide bonds. The maximum absolute atomic E-state index is 13.6. The van der Waals surface area contributed by atoms with Crippen LogP contribution in [0.1, 0.15) is 24.8 Å². The van der Waals surface area contributed by atoms with Crippen LogP contribution in [0.2, 0.25) is 0 Å². The van der Waals surface area contributed by atoms with Crippen molar-refractivity contribution in [3.63, 3.8) is 0 Å². The topological polar surface area (TPSA) is 74.3 Å². The first-order valence-electron chi connectivity index (χ1n) is 11.9. The molecule has 0 saturated carbocycles. The number of morpholine rings is 1. The van der Waals surface area contributed by atoms with E-state index in [1.165, 1.54) is 17.0 Å². The van der Waals surface area contributed by atoms with Crippen LogP contribution in [0, 0.1) is 0 Å². The summed E-state index contributed by atoms with van der Waals surface area (Å²) < 4.78 is 79.1. The minimum absolute atomic E-state index is 0.0240. The number of ether oxygens (including phenoxy) is 2. The number of fused-ring (bicyclic) bond motifs is 1. The normalized spacial score (nSPS) is 26.7. The van der Waals surface area contributed by atoms with Gasteiger partial charge in [0.1, 0.15) is 18.5 Å². The largest absolute Gasteiger partial charge is 0.487 e. The van der Waals surface area contributed by atoms with E-state index in [2.05, 4.69) is 5.32 Å². The van der Waals surface area contributed by atoms with Gasteiger partial charge in [-0.3, -0.25) is 4.79 Å². The third-order valence-electron chi connectivity index (χ3n) is 7.13. The molecule has 1 aromatic carbocycles. The summed E-state index contributed by atoms with van der Waals surface area (Å²) in [5, 5.41) is 2.84. The summed E-state index contributed by atoms with van der Waals surface area (Å²) in [6.45, 7) is 1.01. The van der Waals surface area contributed by atoms with E-state index in [1.807, 2.05) is 0 Å². The number of carbonyl (C=O) groups excluding carboxylic acids is 2. The highest BCUT2D eigenvalue weighted by atomic mass is 19.4. The Morgan fingerprint density at radius 2 is 1.81 bits per heavy atom. The van der Waals surface area contributed by atoms with Crippen LogP contribution >= 0.6 is 0 Å². The van der Waals surface area contributed by atoms with Gasteiger partial charge in [0.05, 0.1) is 36.5 Å². The van der Waals surface area contributed by atoms with Gasteiger partial charge in [-0.05, 0) is 18.6 Å². The number of rotatable bonds is 3. The zero-order valence-corrected chi connectivity index (χ0v) is 19.4. The van der Waals surface area contributed by atoms with E-state index in [0.29, 0.717) is 19.5 Å². The van der Waals surface area contributed by atoms with Crippen LogP contribution in [0.3, 0.4) is 0 Å². The maximum Gasteiger partial charge on any atom is 0.418 e. The minimum Gasteiger partial charge on any atom is -0.487 e. The van der Waals surface area contributed by atoms with Crippen LogP contribution in [0.4, 0.5) is 32.4 Å². The number of halogens is 5. The number of alkyl halides is 5. The molecule has 0 spiro atoms. The van der Waals surface area contributed by atoms with E-state index >= 15 is 0 Å². The summed E-state index contributed by atoms with van der Waals surface area (Å²) in [5.74, 6) is -2.90. The second-order valence-electron chi connectivity index (χ2n) is 9.71. The lowest BCUT2D eigenvalue weighted by atomic mass is 10.0. The molecule has 0 unspecified atom stereocenters. The first-order chi connectivity index (χ1) is 17.0. The Balaban J connectivity index is 1.19. The van der Waals surface area contributed by atoms with Crippen LogP contribution in [0.5, 0.6) is 5.75 Å². The molecule has 198 valence electrons. The fraction of sp³-hybridized carbons (Fsp3) is 0.652. The van der Waals surface area contributed by atoms with Crippen molar-refractivity contribution in [1.29, 1.82) is 0 Å². The molecule has 4 fully saturated rings. The van der Waals surface area contributed by atoms with E-state index in [1.54, 1.807) is 9.80 Å². The standard InChI is InChI=1S/C23H27F5N4O4/c24-22(25)4-7-30(8-5-22)18-9-14(1-2-16(18)23(26,27)28)36-15-10-32(11-15)21(34)31-6-3-19-17(12-31)29-20(33)13-35-19/h1-2,9,15,17,19H,3-8,10-13H2,(H,29,33)/t17-,19+/m1/s1. The Hall–Kier alpha value is -2.83. The molecule has 1 N–H and O–H groups in total. The Morgan fingerprint density at radius 3 is 2.50 bits per heavy atom. The number of benzene rings is 1. The molecule has 1 aromatic rings. The number of hydrogen-bond acceptors (Lipinski definition) is 5. The number of likely N-dealkylation sites (tertiary alicyclic amines) is 2. The second kappa shape index (κ2) is 9.24. The van der Waals surface area contributed by atoms with Crippen LogP contribution in [0.15, 0.2) is 18.2 Å². The first-order valence-corrected chi connectivity index (χ1v) is 11.9. The number of amides is 3. The predicted octanol–water partition coefficient (Wildman–Crippen LogP) is 2.71. The van der Waals surface area contributed by atoms with Crippen LogP contribution in [-0.2, 0) is 15.7 Å². The van der Waals surface area contributed by atoms with Crippen molar-refractivity contribution >= 4 is 17.6 Å². The van der Waals surface area contributed by atoms with Crippen molar-refractivity contribution in [1.82, 2.24) is 15.1 Å². The number of nitrogens with zero attached hydrogens (tertiary/aromatic N) is 3. The smallest absolute Gasteiger partial charge is 0.418 e. The molecule has 0 aromatic heterocycles. The molecular weight excluding hydrogens is 491 g/mol. The van der Waals surface area contributed by atoms with Crippen molar-refractivity contribution in [2.45, 2.75) is 49.6 Å². The van der Waals surface area contributed by atoms with E-state index in [9.17, 15) is 31.5 Å². The summed E-state index contributed by atoms with van der Waals surface area (Å²) >= 11 is 0. The van der Waals surface area contributed by atoms with Gasteiger partial charge in [0, 0.05) is 45.1 Å². The highest BCUT2D eigenvalue weighted by Gasteiger charge is 2.42. The molecule has 4 saturated heterocycles. The molecule has 8 nitrogen and oxygen atoms in total. The van der Waals surface area contributed by atoms with Crippen molar-refractivity contribution in [3.05, 3.63) is 23.8 Å². The van der Waals surface area contributed by atoms with Gasteiger partial charge < -0.3 is 29.5 Å². The second-order valence-corrected chi connectivity index (χ2v) is 9.71. The lowest BCUT2D eigenvalue weighted by molar-refractivity contribution is -0.140. The van der Waals surface area contributed by atoms with Crippen LogP contribution in [0.25, 0.3) is 0 Å². The van der Waals surface area contributed by atoms with Gasteiger partial charge in [0.15, 0.2) is 0 Å². The highest BCUT2D eigenvalue weighted by Crippen LogP contribution is 2.41.